The average molecular weight is 256 g/mol. The van der Waals surface area contributed by atoms with Gasteiger partial charge >= 0.3 is 0 Å². The lowest BCUT2D eigenvalue weighted by atomic mass is 9.98. The second kappa shape index (κ2) is 7.43. The fourth-order valence-corrected chi connectivity index (χ4v) is 3.14. The number of hydrogen-bond donors (Lipinski definition) is 1. The molecule has 2 heterocycles. The predicted molar refractivity (Wildman–Crippen MR) is 72.9 cm³/mol. The van der Waals surface area contributed by atoms with Crippen LogP contribution in [0, 0.1) is 0 Å². The van der Waals surface area contributed by atoms with Gasteiger partial charge in [-0.2, -0.15) is 0 Å². The number of likely N-dealkylation sites (N-methyl/N-ethyl adjacent to an activating group) is 1. The zero-order chi connectivity index (χ0) is 12.8. The molecule has 1 N–H and O–H groups in total. The minimum absolute atomic E-state index is 0.358. The zero-order valence-electron chi connectivity index (χ0n) is 11.9. The summed E-state index contributed by atoms with van der Waals surface area (Å²) in [5, 5.41) is 3.21. The number of rotatable bonds is 5. The van der Waals surface area contributed by atoms with Gasteiger partial charge in [-0.3, -0.25) is 4.90 Å². The Hall–Kier alpha value is -0.160. The lowest BCUT2D eigenvalue weighted by molar-refractivity contribution is -0.0787. The summed E-state index contributed by atoms with van der Waals surface area (Å²) in [6.45, 7) is 7.17. The summed E-state index contributed by atoms with van der Waals surface area (Å²) < 4.78 is 11.6. The van der Waals surface area contributed by atoms with Crippen molar-refractivity contribution in [1.82, 2.24) is 10.2 Å². The van der Waals surface area contributed by atoms with Crippen molar-refractivity contribution in [2.45, 2.75) is 50.9 Å². The third-order valence-electron chi connectivity index (χ3n) is 4.07. The summed E-state index contributed by atoms with van der Waals surface area (Å²) in [4.78, 5) is 2.62. The summed E-state index contributed by atoms with van der Waals surface area (Å²) in [7, 11) is 1.99. The molecule has 4 heteroatoms. The molecule has 4 nitrogen and oxygen atoms in total. The van der Waals surface area contributed by atoms with Gasteiger partial charge in [-0.25, -0.2) is 0 Å². The van der Waals surface area contributed by atoms with Crippen LogP contribution in [0.3, 0.4) is 0 Å². The summed E-state index contributed by atoms with van der Waals surface area (Å²) in [6, 6.07) is 0.707. The molecule has 106 valence electrons. The lowest BCUT2D eigenvalue weighted by Gasteiger charge is -2.41. The average Bonchev–Trinajstić information content (AvgIpc) is 2.40. The highest BCUT2D eigenvalue weighted by Gasteiger charge is 2.30. The van der Waals surface area contributed by atoms with E-state index < -0.39 is 0 Å². The molecule has 0 radical (unpaired) electrons. The number of ether oxygens (including phenoxy) is 2. The van der Waals surface area contributed by atoms with Crippen LogP contribution in [0.5, 0.6) is 0 Å². The van der Waals surface area contributed by atoms with E-state index in [-0.39, 0.29) is 0 Å². The molecule has 0 saturated carbocycles. The van der Waals surface area contributed by atoms with Crippen molar-refractivity contribution in [3.8, 4) is 0 Å². The van der Waals surface area contributed by atoms with E-state index in [4.69, 9.17) is 9.47 Å². The molecule has 0 aromatic carbocycles. The Labute approximate surface area is 111 Å². The molecular weight excluding hydrogens is 228 g/mol. The third kappa shape index (κ3) is 3.92. The van der Waals surface area contributed by atoms with Gasteiger partial charge in [0.05, 0.1) is 18.8 Å². The van der Waals surface area contributed by atoms with Crippen molar-refractivity contribution in [2.75, 3.05) is 39.9 Å². The van der Waals surface area contributed by atoms with E-state index >= 15 is 0 Å². The van der Waals surface area contributed by atoms with E-state index in [1.807, 2.05) is 7.05 Å². The SMILES string of the molecule is CCCC1CC(N2CCOC(CNC)C2)CCO1. The van der Waals surface area contributed by atoms with Crippen LogP contribution in [0.1, 0.15) is 32.6 Å². The molecule has 0 amide bonds. The minimum atomic E-state index is 0.358. The quantitative estimate of drug-likeness (QED) is 0.803. The molecular formula is C14H28N2O2. The van der Waals surface area contributed by atoms with Crippen LogP contribution in [0.15, 0.2) is 0 Å². The van der Waals surface area contributed by atoms with Crippen molar-refractivity contribution in [3.05, 3.63) is 0 Å². The molecule has 0 bridgehead atoms. The monoisotopic (exact) mass is 256 g/mol. The molecule has 2 fully saturated rings. The van der Waals surface area contributed by atoms with Crippen molar-refractivity contribution in [2.24, 2.45) is 0 Å². The Bertz CT molecular complexity index is 210. The van der Waals surface area contributed by atoms with Crippen LogP contribution in [0.4, 0.5) is 0 Å². The highest BCUT2D eigenvalue weighted by atomic mass is 16.5. The molecule has 3 atom stereocenters. The number of nitrogens with one attached hydrogen (secondary N) is 1. The largest absolute Gasteiger partial charge is 0.378 e. The Morgan fingerprint density at radius 2 is 2.06 bits per heavy atom. The molecule has 0 spiro atoms. The maximum atomic E-state index is 5.84. The van der Waals surface area contributed by atoms with Crippen molar-refractivity contribution in [1.29, 1.82) is 0 Å². The molecule has 2 aliphatic rings. The van der Waals surface area contributed by atoms with Gasteiger partial charge < -0.3 is 14.8 Å². The summed E-state index contributed by atoms with van der Waals surface area (Å²) >= 11 is 0. The first-order valence-corrected chi connectivity index (χ1v) is 7.45. The van der Waals surface area contributed by atoms with E-state index in [1.165, 1.54) is 25.7 Å². The van der Waals surface area contributed by atoms with Gasteiger partial charge in [-0.1, -0.05) is 13.3 Å². The third-order valence-corrected chi connectivity index (χ3v) is 4.07. The van der Waals surface area contributed by atoms with Gasteiger partial charge in [0.25, 0.3) is 0 Å². The highest BCUT2D eigenvalue weighted by Crippen LogP contribution is 2.23. The van der Waals surface area contributed by atoms with E-state index in [1.54, 1.807) is 0 Å². The van der Waals surface area contributed by atoms with Gasteiger partial charge in [0.2, 0.25) is 0 Å². The van der Waals surface area contributed by atoms with Gasteiger partial charge in [0, 0.05) is 32.3 Å². The first-order chi connectivity index (χ1) is 8.83. The Morgan fingerprint density at radius 3 is 2.83 bits per heavy atom. The van der Waals surface area contributed by atoms with Crippen LogP contribution in [-0.4, -0.2) is 63.0 Å². The van der Waals surface area contributed by atoms with Gasteiger partial charge in [0.15, 0.2) is 0 Å². The van der Waals surface area contributed by atoms with Crippen molar-refractivity contribution >= 4 is 0 Å². The van der Waals surface area contributed by atoms with Gasteiger partial charge in [-0.15, -0.1) is 0 Å². The van der Waals surface area contributed by atoms with Gasteiger partial charge in [-0.05, 0) is 26.3 Å². The Morgan fingerprint density at radius 1 is 1.22 bits per heavy atom. The van der Waals surface area contributed by atoms with Gasteiger partial charge in [0.1, 0.15) is 0 Å². The fraction of sp³-hybridized carbons (Fsp3) is 1.00. The van der Waals surface area contributed by atoms with E-state index in [0.29, 0.717) is 18.2 Å². The molecule has 3 unspecified atom stereocenters. The van der Waals surface area contributed by atoms with Crippen LogP contribution < -0.4 is 5.32 Å². The fourth-order valence-electron chi connectivity index (χ4n) is 3.14. The zero-order valence-corrected chi connectivity index (χ0v) is 11.9. The smallest absolute Gasteiger partial charge is 0.0826 e. The number of morpholine rings is 1. The molecule has 2 rings (SSSR count). The van der Waals surface area contributed by atoms with Crippen LogP contribution in [0.25, 0.3) is 0 Å². The second-order valence-electron chi connectivity index (χ2n) is 5.51. The summed E-state index contributed by atoms with van der Waals surface area (Å²) in [6.07, 6.45) is 5.67. The van der Waals surface area contributed by atoms with Crippen LogP contribution in [-0.2, 0) is 9.47 Å². The normalized spacial score (nSPS) is 34.7. The number of nitrogens with zero attached hydrogens (tertiary/aromatic N) is 1. The van der Waals surface area contributed by atoms with E-state index in [9.17, 15) is 0 Å². The number of hydrogen-bond acceptors (Lipinski definition) is 4. The van der Waals surface area contributed by atoms with Crippen LogP contribution >= 0.6 is 0 Å². The first kappa shape index (κ1) is 14.3. The topological polar surface area (TPSA) is 33.7 Å². The maximum absolute atomic E-state index is 5.84. The lowest BCUT2D eigenvalue weighted by Crippen LogP contribution is -2.52. The maximum Gasteiger partial charge on any atom is 0.0826 e. The predicted octanol–water partition coefficient (Wildman–Crippen LogP) is 1.25. The van der Waals surface area contributed by atoms with E-state index in [0.717, 1.165) is 32.8 Å². The molecule has 0 aromatic rings. The Balaban J connectivity index is 1.82. The minimum Gasteiger partial charge on any atom is -0.378 e. The Kier molecular flexibility index (Phi) is 5.89. The summed E-state index contributed by atoms with van der Waals surface area (Å²) in [5.41, 5.74) is 0. The van der Waals surface area contributed by atoms with Crippen LogP contribution in [0.2, 0.25) is 0 Å². The summed E-state index contributed by atoms with van der Waals surface area (Å²) in [5.74, 6) is 0. The molecule has 2 saturated heterocycles. The van der Waals surface area contributed by atoms with Crippen molar-refractivity contribution in [3.63, 3.8) is 0 Å². The highest BCUT2D eigenvalue weighted by molar-refractivity contribution is 4.83. The molecule has 18 heavy (non-hydrogen) atoms. The molecule has 0 aliphatic carbocycles. The standard InChI is InChI=1S/C14H28N2O2/c1-3-4-13-9-12(5-7-17-13)16-6-8-18-14(11-16)10-15-2/h12-15H,3-11H2,1-2H3. The second-order valence-corrected chi connectivity index (χ2v) is 5.51. The van der Waals surface area contributed by atoms with E-state index in [2.05, 4.69) is 17.1 Å². The molecule has 0 aromatic heterocycles. The molecule has 2 aliphatic heterocycles. The van der Waals surface area contributed by atoms with Crippen molar-refractivity contribution < 1.29 is 9.47 Å². The first-order valence-electron chi connectivity index (χ1n) is 7.45.